The predicted molar refractivity (Wildman–Crippen MR) is 92.7 cm³/mol. The van der Waals surface area contributed by atoms with Gasteiger partial charge in [0.2, 0.25) is 0 Å². The Morgan fingerprint density at radius 3 is 2.43 bits per heavy atom. The fraction of sp³-hybridized carbons (Fsp3) is 1.00. The number of rotatable bonds is 7. The van der Waals surface area contributed by atoms with Gasteiger partial charge in [0.1, 0.15) is 0 Å². The van der Waals surface area contributed by atoms with Gasteiger partial charge < -0.3 is 5.32 Å². The molecule has 0 spiro atoms. The van der Waals surface area contributed by atoms with E-state index in [1.165, 1.54) is 84.0 Å². The van der Waals surface area contributed by atoms with Gasteiger partial charge in [0.05, 0.1) is 0 Å². The van der Waals surface area contributed by atoms with Crippen molar-refractivity contribution in [1.29, 1.82) is 0 Å². The molecule has 1 unspecified atom stereocenters. The van der Waals surface area contributed by atoms with Gasteiger partial charge in [0.15, 0.2) is 0 Å². The van der Waals surface area contributed by atoms with E-state index in [1.54, 1.807) is 0 Å². The van der Waals surface area contributed by atoms with E-state index in [9.17, 15) is 0 Å². The van der Waals surface area contributed by atoms with Crippen molar-refractivity contribution in [3.05, 3.63) is 0 Å². The molecule has 1 aliphatic carbocycles. The van der Waals surface area contributed by atoms with Crippen LogP contribution in [0.1, 0.15) is 78.6 Å². The Bertz CT molecular complexity index is 279. The van der Waals surface area contributed by atoms with E-state index in [1.807, 2.05) is 0 Å². The molecule has 0 radical (unpaired) electrons. The molecule has 2 rings (SSSR count). The second-order valence-electron chi connectivity index (χ2n) is 8.11. The molecule has 0 bridgehead atoms. The van der Waals surface area contributed by atoms with Crippen LogP contribution in [0.2, 0.25) is 0 Å². The van der Waals surface area contributed by atoms with Crippen LogP contribution in [0, 0.1) is 11.3 Å². The van der Waals surface area contributed by atoms with Crippen LogP contribution in [0.4, 0.5) is 0 Å². The maximum Gasteiger partial charge on any atom is 0.00933 e. The summed E-state index contributed by atoms with van der Waals surface area (Å²) in [6, 6.07) is 0.871. The first-order valence-electron chi connectivity index (χ1n) is 9.60. The fourth-order valence-electron chi connectivity index (χ4n) is 4.49. The predicted octanol–water partition coefficient (Wildman–Crippen LogP) is 4.45. The molecule has 1 heterocycles. The average molecular weight is 295 g/mol. The quantitative estimate of drug-likeness (QED) is 0.698. The Hall–Kier alpha value is -0.0800. The van der Waals surface area contributed by atoms with Crippen molar-refractivity contribution in [3.63, 3.8) is 0 Å². The lowest BCUT2D eigenvalue weighted by Crippen LogP contribution is -2.46. The summed E-state index contributed by atoms with van der Waals surface area (Å²) < 4.78 is 0. The normalized spacial score (nSPS) is 27.1. The average Bonchev–Trinajstić information content (AvgIpc) is 2.76. The molecular weight excluding hydrogens is 256 g/mol. The van der Waals surface area contributed by atoms with Crippen LogP contribution in [-0.4, -0.2) is 37.1 Å². The lowest BCUT2D eigenvalue weighted by molar-refractivity contribution is 0.115. The van der Waals surface area contributed by atoms with Gasteiger partial charge in [0, 0.05) is 19.1 Å². The Balaban J connectivity index is 1.96. The van der Waals surface area contributed by atoms with Crippen molar-refractivity contribution in [1.82, 2.24) is 10.2 Å². The van der Waals surface area contributed by atoms with Crippen molar-refractivity contribution in [2.24, 2.45) is 11.3 Å². The van der Waals surface area contributed by atoms with Crippen LogP contribution in [0.5, 0.6) is 0 Å². The van der Waals surface area contributed by atoms with Gasteiger partial charge in [0.25, 0.3) is 0 Å². The van der Waals surface area contributed by atoms with Crippen LogP contribution < -0.4 is 5.32 Å². The van der Waals surface area contributed by atoms with Crippen LogP contribution in [-0.2, 0) is 0 Å². The van der Waals surface area contributed by atoms with Crippen molar-refractivity contribution >= 4 is 0 Å². The zero-order valence-electron chi connectivity index (χ0n) is 14.8. The lowest BCUT2D eigenvalue weighted by Gasteiger charge is -2.39. The molecule has 0 aromatic carbocycles. The third kappa shape index (κ3) is 5.25. The zero-order chi connectivity index (χ0) is 15.1. The molecule has 2 aliphatic rings. The third-order valence-corrected chi connectivity index (χ3v) is 5.73. The standard InChI is InChI=1S/C19H38N2/c1-4-18-10-9-13-21(18)16-19(15-20-14-17(2)3)11-7-5-6-8-12-19/h17-18,20H,4-16H2,1-3H3. The first-order chi connectivity index (χ1) is 10.2. The highest BCUT2D eigenvalue weighted by atomic mass is 15.2. The fourth-order valence-corrected chi connectivity index (χ4v) is 4.49. The van der Waals surface area contributed by atoms with Gasteiger partial charge in [-0.3, -0.25) is 4.90 Å². The van der Waals surface area contributed by atoms with E-state index < -0.39 is 0 Å². The number of nitrogens with one attached hydrogen (secondary N) is 1. The molecular formula is C19H38N2. The SMILES string of the molecule is CCC1CCCN1CC1(CNCC(C)C)CCCCCC1. The summed E-state index contributed by atoms with van der Waals surface area (Å²) in [4.78, 5) is 2.84. The minimum Gasteiger partial charge on any atom is -0.316 e. The minimum absolute atomic E-state index is 0.559. The molecule has 0 aromatic heterocycles. The van der Waals surface area contributed by atoms with Gasteiger partial charge in [-0.05, 0) is 56.5 Å². The van der Waals surface area contributed by atoms with E-state index >= 15 is 0 Å². The van der Waals surface area contributed by atoms with Gasteiger partial charge in [-0.15, -0.1) is 0 Å². The molecule has 1 atom stereocenters. The highest BCUT2D eigenvalue weighted by Crippen LogP contribution is 2.37. The van der Waals surface area contributed by atoms with Crippen molar-refractivity contribution in [2.75, 3.05) is 26.2 Å². The topological polar surface area (TPSA) is 15.3 Å². The Morgan fingerprint density at radius 2 is 1.81 bits per heavy atom. The molecule has 2 nitrogen and oxygen atoms in total. The molecule has 124 valence electrons. The largest absolute Gasteiger partial charge is 0.316 e. The number of nitrogens with zero attached hydrogens (tertiary/aromatic N) is 1. The summed E-state index contributed by atoms with van der Waals surface area (Å²) in [7, 11) is 0. The summed E-state index contributed by atoms with van der Waals surface area (Å²) in [5.74, 6) is 0.767. The zero-order valence-corrected chi connectivity index (χ0v) is 14.8. The van der Waals surface area contributed by atoms with E-state index in [2.05, 4.69) is 31.0 Å². The first kappa shape index (κ1) is 17.3. The second-order valence-corrected chi connectivity index (χ2v) is 8.11. The van der Waals surface area contributed by atoms with Crippen LogP contribution >= 0.6 is 0 Å². The van der Waals surface area contributed by atoms with Crippen molar-refractivity contribution < 1.29 is 0 Å². The van der Waals surface area contributed by atoms with E-state index in [4.69, 9.17) is 0 Å². The first-order valence-corrected chi connectivity index (χ1v) is 9.60. The molecule has 1 saturated carbocycles. The van der Waals surface area contributed by atoms with Crippen molar-refractivity contribution in [3.8, 4) is 0 Å². The monoisotopic (exact) mass is 294 g/mol. The summed E-state index contributed by atoms with van der Waals surface area (Å²) in [5, 5.41) is 3.80. The second kappa shape index (κ2) is 8.53. The van der Waals surface area contributed by atoms with Crippen molar-refractivity contribution in [2.45, 2.75) is 84.6 Å². The number of hydrogen-bond donors (Lipinski definition) is 1. The Kier molecular flexibility index (Phi) is 7.01. The van der Waals surface area contributed by atoms with Crippen LogP contribution in [0.3, 0.4) is 0 Å². The molecule has 0 amide bonds. The molecule has 2 heteroatoms. The van der Waals surface area contributed by atoms with Crippen LogP contribution in [0.15, 0.2) is 0 Å². The molecule has 1 aliphatic heterocycles. The summed E-state index contributed by atoms with van der Waals surface area (Å²) in [6.45, 7) is 12.2. The van der Waals surface area contributed by atoms with Gasteiger partial charge in [-0.1, -0.05) is 46.5 Å². The Morgan fingerprint density at radius 1 is 1.10 bits per heavy atom. The highest BCUT2D eigenvalue weighted by Gasteiger charge is 2.35. The molecule has 1 saturated heterocycles. The van der Waals surface area contributed by atoms with Gasteiger partial charge in [-0.25, -0.2) is 0 Å². The molecule has 21 heavy (non-hydrogen) atoms. The molecule has 2 fully saturated rings. The summed E-state index contributed by atoms with van der Waals surface area (Å²) in [5.41, 5.74) is 0.559. The van der Waals surface area contributed by atoms with E-state index in [-0.39, 0.29) is 0 Å². The maximum atomic E-state index is 3.80. The molecule has 0 aromatic rings. The van der Waals surface area contributed by atoms with Gasteiger partial charge in [-0.2, -0.15) is 0 Å². The lowest BCUT2D eigenvalue weighted by atomic mass is 9.79. The van der Waals surface area contributed by atoms with E-state index in [0.717, 1.165) is 12.0 Å². The number of likely N-dealkylation sites (tertiary alicyclic amines) is 1. The van der Waals surface area contributed by atoms with Crippen LogP contribution in [0.25, 0.3) is 0 Å². The smallest absolute Gasteiger partial charge is 0.00933 e. The minimum atomic E-state index is 0.559. The highest BCUT2D eigenvalue weighted by molar-refractivity contribution is 4.90. The van der Waals surface area contributed by atoms with E-state index in [0.29, 0.717) is 5.41 Å². The third-order valence-electron chi connectivity index (χ3n) is 5.73. The number of hydrogen-bond acceptors (Lipinski definition) is 2. The maximum absolute atomic E-state index is 3.80. The van der Waals surface area contributed by atoms with Gasteiger partial charge >= 0.3 is 0 Å². The summed E-state index contributed by atoms with van der Waals surface area (Å²) >= 11 is 0. The summed E-state index contributed by atoms with van der Waals surface area (Å²) in [6.07, 6.45) is 12.9. The Labute approximate surface area is 133 Å². The molecule has 1 N–H and O–H groups in total.